The minimum absolute atomic E-state index is 0.0120. The second-order valence-electron chi connectivity index (χ2n) is 5.50. The first-order valence-electron chi connectivity index (χ1n) is 7.83. The van der Waals surface area contributed by atoms with Crippen LogP contribution in [0.5, 0.6) is 0 Å². The normalized spacial score (nSPS) is 11.9. The highest BCUT2D eigenvalue weighted by molar-refractivity contribution is 5.94. The molecule has 0 fully saturated rings. The molecule has 0 radical (unpaired) electrons. The lowest BCUT2D eigenvalue weighted by Gasteiger charge is -2.13. The van der Waals surface area contributed by atoms with Crippen LogP contribution in [0.15, 0.2) is 54.6 Å². The summed E-state index contributed by atoms with van der Waals surface area (Å²) < 4.78 is 0. The Hall–Kier alpha value is -2.13. The first-order valence-corrected chi connectivity index (χ1v) is 7.83. The topological polar surface area (TPSA) is 41.1 Å². The molecule has 0 aliphatic heterocycles. The van der Waals surface area contributed by atoms with Crippen molar-refractivity contribution in [1.29, 1.82) is 0 Å². The highest BCUT2D eigenvalue weighted by atomic mass is 16.1. The van der Waals surface area contributed by atoms with Gasteiger partial charge in [0.25, 0.3) is 5.91 Å². The molecule has 1 unspecified atom stereocenters. The molecule has 0 aliphatic carbocycles. The van der Waals surface area contributed by atoms with Gasteiger partial charge in [-0.3, -0.25) is 4.79 Å². The summed E-state index contributed by atoms with van der Waals surface area (Å²) in [6.07, 6.45) is 0. The van der Waals surface area contributed by atoms with Crippen molar-refractivity contribution in [2.45, 2.75) is 26.3 Å². The Morgan fingerprint density at radius 2 is 1.86 bits per heavy atom. The van der Waals surface area contributed by atoms with E-state index in [1.54, 1.807) is 0 Å². The largest absolute Gasteiger partial charge is 0.352 e. The van der Waals surface area contributed by atoms with Gasteiger partial charge < -0.3 is 10.6 Å². The van der Waals surface area contributed by atoms with Crippen molar-refractivity contribution < 1.29 is 4.79 Å². The van der Waals surface area contributed by atoms with Gasteiger partial charge in [0.1, 0.15) is 0 Å². The van der Waals surface area contributed by atoms with Crippen molar-refractivity contribution in [1.82, 2.24) is 10.6 Å². The van der Waals surface area contributed by atoms with Gasteiger partial charge in [-0.25, -0.2) is 0 Å². The number of hydrogen-bond donors (Lipinski definition) is 2. The monoisotopic (exact) mass is 296 g/mol. The maximum Gasteiger partial charge on any atom is 0.251 e. The molecular formula is C19H24N2O. The van der Waals surface area contributed by atoms with Gasteiger partial charge in [-0.1, -0.05) is 49.4 Å². The van der Waals surface area contributed by atoms with E-state index in [1.165, 1.54) is 5.56 Å². The highest BCUT2D eigenvalue weighted by Gasteiger charge is 2.06. The van der Waals surface area contributed by atoms with Crippen LogP contribution in [0.2, 0.25) is 0 Å². The van der Waals surface area contributed by atoms with Crippen molar-refractivity contribution >= 4 is 5.91 Å². The lowest BCUT2D eigenvalue weighted by atomic mass is 10.0. The first-order chi connectivity index (χ1) is 10.7. The van der Waals surface area contributed by atoms with Gasteiger partial charge >= 0.3 is 0 Å². The van der Waals surface area contributed by atoms with Crippen LogP contribution in [0.3, 0.4) is 0 Å². The van der Waals surface area contributed by atoms with Gasteiger partial charge in [-0.2, -0.15) is 0 Å². The minimum atomic E-state index is -0.0120. The molecule has 0 aromatic heterocycles. The number of carbonyl (C=O) groups excluding carboxylic acids is 1. The van der Waals surface area contributed by atoms with E-state index in [-0.39, 0.29) is 5.91 Å². The fourth-order valence-corrected chi connectivity index (χ4v) is 2.42. The molecular weight excluding hydrogens is 272 g/mol. The third-order valence-electron chi connectivity index (χ3n) is 3.67. The van der Waals surface area contributed by atoms with Crippen LogP contribution in [0.1, 0.15) is 41.3 Å². The van der Waals surface area contributed by atoms with Crippen LogP contribution >= 0.6 is 0 Å². The van der Waals surface area contributed by atoms with Crippen molar-refractivity contribution in [3.8, 4) is 0 Å². The molecule has 0 heterocycles. The number of amides is 1. The Morgan fingerprint density at radius 3 is 2.59 bits per heavy atom. The zero-order chi connectivity index (χ0) is 15.8. The van der Waals surface area contributed by atoms with Crippen LogP contribution < -0.4 is 10.6 Å². The fourth-order valence-electron chi connectivity index (χ4n) is 2.42. The molecule has 3 heteroatoms. The van der Waals surface area contributed by atoms with Gasteiger partial charge in [0.2, 0.25) is 0 Å². The molecule has 0 saturated carbocycles. The smallest absolute Gasteiger partial charge is 0.251 e. The molecule has 1 amide bonds. The SMILES string of the molecule is CCNC(=O)c1cccc(CNCC(C)c2ccccc2)c1. The van der Waals surface area contributed by atoms with Gasteiger partial charge in [0.05, 0.1) is 0 Å². The Morgan fingerprint density at radius 1 is 1.09 bits per heavy atom. The van der Waals surface area contributed by atoms with E-state index in [0.29, 0.717) is 12.5 Å². The number of carbonyl (C=O) groups is 1. The summed E-state index contributed by atoms with van der Waals surface area (Å²) in [5.74, 6) is 0.453. The molecule has 0 aliphatic rings. The molecule has 0 spiro atoms. The standard InChI is InChI=1S/C19H24N2O/c1-3-21-19(22)18-11-7-8-16(12-18)14-20-13-15(2)17-9-5-4-6-10-17/h4-12,15,20H,3,13-14H2,1-2H3,(H,21,22). The molecule has 2 N–H and O–H groups in total. The van der Waals surface area contributed by atoms with E-state index < -0.39 is 0 Å². The number of benzene rings is 2. The lowest BCUT2D eigenvalue weighted by molar-refractivity contribution is 0.0955. The van der Waals surface area contributed by atoms with Crippen molar-refractivity contribution in [3.05, 3.63) is 71.3 Å². The molecule has 1 atom stereocenters. The molecule has 22 heavy (non-hydrogen) atoms. The Bertz CT molecular complexity index is 595. The van der Waals surface area contributed by atoms with Crippen LogP contribution in [-0.2, 0) is 6.54 Å². The summed E-state index contributed by atoms with van der Waals surface area (Å²) in [6, 6.07) is 18.3. The van der Waals surface area contributed by atoms with Crippen LogP contribution in [0.25, 0.3) is 0 Å². The van der Waals surface area contributed by atoms with E-state index in [1.807, 2.05) is 37.3 Å². The quantitative estimate of drug-likeness (QED) is 0.823. The zero-order valence-electron chi connectivity index (χ0n) is 13.3. The second kappa shape index (κ2) is 8.35. The summed E-state index contributed by atoms with van der Waals surface area (Å²) in [4.78, 5) is 11.8. The summed E-state index contributed by atoms with van der Waals surface area (Å²) >= 11 is 0. The van der Waals surface area contributed by atoms with Crippen LogP contribution in [-0.4, -0.2) is 19.0 Å². The maximum absolute atomic E-state index is 11.8. The van der Waals surface area contributed by atoms with E-state index in [4.69, 9.17) is 0 Å². The minimum Gasteiger partial charge on any atom is -0.352 e. The Labute approximate surface area is 132 Å². The maximum atomic E-state index is 11.8. The number of hydrogen-bond acceptors (Lipinski definition) is 2. The van der Waals surface area contributed by atoms with Crippen molar-refractivity contribution in [2.75, 3.05) is 13.1 Å². The van der Waals surface area contributed by atoms with Gasteiger partial charge in [-0.15, -0.1) is 0 Å². The predicted octanol–water partition coefficient (Wildman–Crippen LogP) is 3.33. The van der Waals surface area contributed by atoms with E-state index in [2.05, 4.69) is 41.8 Å². The average Bonchev–Trinajstić information content (AvgIpc) is 2.56. The van der Waals surface area contributed by atoms with E-state index >= 15 is 0 Å². The van der Waals surface area contributed by atoms with E-state index in [0.717, 1.165) is 24.2 Å². The van der Waals surface area contributed by atoms with E-state index in [9.17, 15) is 4.79 Å². The van der Waals surface area contributed by atoms with Crippen molar-refractivity contribution in [2.24, 2.45) is 0 Å². The average molecular weight is 296 g/mol. The molecule has 0 saturated heterocycles. The molecule has 3 nitrogen and oxygen atoms in total. The highest BCUT2D eigenvalue weighted by Crippen LogP contribution is 2.13. The first kappa shape index (κ1) is 16.2. The number of nitrogens with one attached hydrogen (secondary N) is 2. The van der Waals surface area contributed by atoms with Crippen LogP contribution in [0, 0.1) is 0 Å². The summed E-state index contributed by atoms with van der Waals surface area (Å²) in [5, 5.41) is 6.29. The summed E-state index contributed by atoms with van der Waals surface area (Å²) in [7, 11) is 0. The molecule has 2 aromatic rings. The predicted molar refractivity (Wildman–Crippen MR) is 91.0 cm³/mol. The Kier molecular flexibility index (Phi) is 6.16. The molecule has 2 aromatic carbocycles. The molecule has 0 bridgehead atoms. The van der Waals surface area contributed by atoms with Crippen LogP contribution in [0.4, 0.5) is 0 Å². The Balaban J connectivity index is 1.87. The zero-order valence-corrected chi connectivity index (χ0v) is 13.3. The number of rotatable bonds is 7. The summed E-state index contributed by atoms with van der Waals surface area (Å²) in [6.45, 7) is 6.47. The lowest BCUT2D eigenvalue weighted by Crippen LogP contribution is -2.23. The van der Waals surface area contributed by atoms with Crippen molar-refractivity contribution in [3.63, 3.8) is 0 Å². The third kappa shape index (κ3) is 4.71. The molecule has 116 valence electrons. The third-order valence-corrected chi connectivity index (χ3v) is 3.67. The van der Waals surface area contributed by atoms with Gasteiger partial charge in [0.15, 0.2) is 0 Å². The summed E-state index contributed by atoms with van der Waals surface area (Å²) in [5.41, 5.74) is 3.19. The second-order valence-corrected chi connectivity index (χ2v) is 5.50. The fraction of sp³-hybridized carbons (Fsp3) is 0.316. The van der Waals surface area contributed by atoms with Gasteiger partial charge in [-0.05, 0) is 36.1 Å². The molecule has 2 rings (SSSR count). The van der Waals surface area contributed by atoms with Gasteiger partial charge in [0, 0.05) is 25.2 Å².